The van der Waals surface area contributed by atoms with E-state index in [4.69, 9.17) is 4.74 Å². The largest absolute Gasteiger partial charge is 0.477 e. The minimum absolute atomic E-state index is 0.236. The van der Waals surface area contributed by atoms with Crippen LogP contribution in [0.25, 0.3) is 5.65 Å². The van der Waals surface area contributed by atoms with Crippen molar-refractivity contribution in [3.8, 4) is 5.88 Å². The van der Waals surface area contributed by atoms with E-state index < -0.39 is 0 Å². The molecule has 0 aliphatic rings. The highest BCUT2D eigenvalue weighted by Gasteiger charge is 2.11. The van der Waals surface area contributed by atoms with Crippen LogP contribution >= 0.6 is 0 Å². The first-order valence-corrected chi connectivity index (χ1v) is 8.10. The van der Waals surface area contributed by atoms with Crippen LogP contribution in [0.3, 0.4) is 0 Å². The molecule has 7 heteroatoms. The number of carbonyl (C=O) groups excluding carboxylic acids is 1. The summed E-state index contributed by atoms with van der Waals surface area (Å²) in [5, 5.41) is 7.14. The number of hydrogen-bond donors (Lipinski definition) is 1. The predicted octanol–water partition coefficient (Wildman–Crippen LogP) is 2.12. The van der Waals surface area contributed by atoms with Gasteiger partial charge in [-0.25, -0.2) is 9.50 Å². The number of hydrogen-bond acceptors (Lipinski definition) is 5. The van der Waals surface area contributed by atoms with E-state index in [1.54, 1.807) is 22.8 Å². The SMILES string of the molecule is CCOc1ccc2nc(C(=O)NCc3ccc(N(C)C)cc3)cn2n1. The Morgan fingerprint density at radius 3 is 2.64 bits per heavy atom. The van der Waals surface area contributed by atoms with Crippen molar-refractivity contribution in [3.05, 3.63) is 53.9 Å². The molecule has 0 aliphatic heterocycles. The summed E-state index contributed by atoms with van der Waals surface area (Å²) in [4.78, 5) is 18.6. The summed E-state index contributed by atoms with van der Waals surface area (Å²) in [5.41, 5.74) is 3.07. The summed E-state index contributed by atoms with van der Waals surface area (Å²) in [5.74, 6) is 0.264. The number of ether oxygens (including phenoxy) is 1. The van der Waals surface area contributed by atoms with Gasteiger partial charge >= 0.3 is 0 Å². The Hall–Kier alpha value is -3.09. The van der Waals surface area contributed by atoms with E-state index in [0.717, 1.165) is 11.3 Å². The predicted molar refractivity (Wildman–Crippen MR) is 96.1 cm³/mol. The molecule has 0 radical (unpaired) electrons. The molecule has 7 nitrogen and oxygen atoms in total. The molecule has 0 fully saturated rings. The van der Waals surface area contributed by atoms with Gasteiger partial charge in [0, 0.05) is 32.4 Å². The first kappa shape index (κ1) is 16.8. The monoisotopic (exact) mass is 339 g/mol. The number of nitrogens with zero attached hydrogens (tertiary/aromatic N) is 4. The van der Waals surface area contributed by atoms with Crippen LogP contribution in [0, 0.1) is 0 Å². The van der Waals surface area contributed by atoms with Gasteiger partial charge in [0.15, 0.2) is 5.65 Å². The number of nitrogens with one attached hydrogen (secondary N) is 1. The zero-order valence-electron chi connectivity index (χ0n) is 14.6. The summed E-state index contributed by atoms with van der Waals surface area (Å²) in [7, 11) is 3.98. The third-order valence-corrected chi connectivity index (χ3v) is 3.73. The normalized spacial score (nSPS) is 10.7. The lowest BCUT2D eigenvalue weighted by Crippen LogP contribution is -2.23. The van der Waals surface area contributed by atoms with Gasteiger partial charge in [0.1, 0.15) is 5.69 Å². The van der Waals surface area contributed by atoms with Gasteiger partial charge in [-0.15, -0.1) is 5.10 Å². The van der Waals surface area contributed by atoms with Crippen LogP contribution in [0.5, 0.6) is 5.88 Å². The molecule has 0 unspecified atom stereocenters. The quantitative estimate of drug-likeness (QED) is 0.745. The van der Waals surface area contributed by atoms with Crippen molar-refractivity contribution in [2.75, 3.05) is 25.6 Å². The smallest absolute Gasteiger partial charge is 0.271 e. The summed E-state index contributed by atoms with van der Waals surface area (Å²) >= 11 is 0. The lowest BCUT2D eigenvalue weighted by Gasteiger charge is -2.12. The fraction of sp³-hybridized carbons (Fsp3) is 0.278. The van der Waals surface area contributed by atoms with Gasteiger partial charge in [0.25, 0.3) is 5.91 Å². The molecule has 0 atom stereocenters. The summed E-state index contributed by atoms with van der Waals surface area (Å²) in [6.07, 6.45) is 1.60. The van der Waals surface area contributed by atoms with Crippen molar-refractivity contribution in [2.45, 2.75) is 13.5 Å². The Bertz CT molecular complexity index is 871. The van der Waals surface area contributed by atoms with Crippen molar-refractivity contribution in [1.82, 2.24) is 19.9 Å². The molecule has 25 heavy (non-hydrogen) atoms. The second-order valence-electron chi connectivity index (χ2n) is 5.78. The number of rotatable bonds is 6. The molecule has 0 saturated carbocycles. The average Bonchev–Trinajstić information content (AvgIpc) is 3.03. The number of aromatic nitrogens is 3. The lowest BCUT2D eigenvalue weighted by atomic mass is 10.2. The molecule has 1 N–H and O–H groups in total. The number of carbonyl (C=O) groups is 1. The number of fused-ring (bicyclic) bond motifs is 1. The maximum absolute atomic E-state index is 12.3. The Morgan fingerprint density at radius 2 is 1.96 bits per heavy atom. The molecule has 3 aromatic rings. The topological polar surface area (TPSA) is 71.8 Å². The highest BCUT2D eigenvalue weighted by Crippen LogP contribution is 2.13. The maximum Gasteiger partial charge on any atom is 0.271 e. The molecule has 1 amide bonds. The first-order chi connectivity index (χ1) is 12.1. The van der Waals surface area contributed by atoms with Crippen LogP contribution in [0.15, 0.2) is 42.6 Å². The third-order valence-electron chi connectivity index (χ3n) is 3.73. The third kappa shape index (κ3) is 3.88. The van der Waals surface area contributed by atoms with E-state index in [1.165, 1.54) is 0 Å². The number of benzene rings is 1. The molecule has 0 aliphatic carbocycles. The van der Waals surface area contributed by atoms with Gasteiger partial charge in [0.05, 0.1) is 12.8 Å². The number of amides is 1. The van der Waals surface area contributed by atoms with E-state index >= 15 is 0 Å². The lowest BCUT2D eigenvalue weighted by molar-refractivity contribution is 0.0946. The second kappa shape index (κ2) is 7.21. The first-order valence-electron chi connectivity index (χ1n) is 8.10. The van der Waals surface area contributed by atoms with Crippen molar-refractivity contribution < 1.29 is 9.53 Å². The van der Waals surface area contributed by atoms with E-state index in [-0.39, 0.29) is 5.91 Å². The average molecular weight is 339 g/mol. The van der Waals surface area contributed by atoms with Crippen LogP contribution in [0.2, 0.25) is 0 Å². The molecule has 3 rings (SSSR count). The minimum atomic E-state index is -0.236. The van der Waals surface area contributed by atoms with Crippen molar-refractivity contribution in [1.29, 1.82) is 0 Å². The zero-order chi connectivity index (χ0) is 17.8. The van der Waals surface area contributed by atoms with Crippen LogP contribution in [-0.4, -0.2) is 41.2 Å². The van der Waals surface area contributed by atoms with Gasteiger partial charge in [0.2, 0.25) is 5.88 Å². The molecule has 0 spiro atoms. The van der Waals surface area contributed by atoms with Crippen LogP contribution in [0.4, 0.5) is 5.69 Å². The fourth-order valence-electron chi connectivity index (χ4n) is 2.38. The van der Waals surface area contributed by atoms with E-state index in [2.05, 4.69) is 15.4 Å². The molecular formula is C18H21N5O2. The van der Waals surface area contributed by atoms with Crippen LogP contribution in [0.1, 0.15) is 23.0 Å². The molecule has 0 saturated heterocycles. The van der Waals surface area contributed by atoms with Crippen molar-refractivity contribution >= 4 is 17.2 Å². The summed E-state index contributed by atoms with van der Waals surface area (Å²) in [6, 6.07) is 11.5. The maximum atomic E-state index is 12.3. The van der Waals surface area contributed by atoms with Gasteiger partial charge in [-0.05, 0) is 30.7 Å². The van der Waals surface area contributed by atoms with Crippen LogP contribution in [-0.2, 0) is 6.54 Å². The molecular weight excluding hydrogens is 318 g/mol. The number of anilines is 1. The van der Waals surface area contributed by atoms with Crippen molar-refractivity contribution in [2.24, 2.45) is 0 Å². The summed E-state index contributed by atoms with van der Waals surface area (Å²) in [6.45, 7) is 2.87. The molecule has 130 valence electrons. The van der Waals surface area contributed by atoms with Gasteiger partial charge in [-0.1, -0.05) is 12.1 Å². The van der Waals surface area contributed by atoms with E-state index in [1.807, 2.05) is 50.2 Å². The molecule has 1 aromatic carbocycles. The molecule has 2 aromatic heterocycles. The zero-order valence-corrected chi connectivity index (χ0v) is 14.6. The molecule has 0 bridgehead atoms. The standard InChI is InChI=1S/C18H21N5O2/c1-4-25-17-10-9-16-20-15(12-23(16)21-17)18(24)19-11-13-5-7-14(8-6-13)22(2)3/h5-10,12H,4,11H2,1-3H3,(H,19,24). The Morgan fingerprint density at radius 1 is 1.20 bits per heavy atom. The second-order valence-corrected chi connectivity index (χ2v) is 5.78. The van der Waals surface area contributed by atoms with Crippen molar-refractivity contribution in [3.63, 3.8) is 0 Å². The Labute approximate surface area is 146 Å². The Balaban J connectivity index is 1.67. The highest BCUT2D eigenvalue weighted by molar-refractivity contribution is 5.92. The van der Waals surface area contributed by atoms with E-state index in [9.17, 15) is 4.79 Å². The molecule has 2 heterocycles. The van der Waals surface area contributed by atoms with Gasteiger partial charge in [-0.2, -0.15) is 0 Å². The summed E-state index contributed by atoms with van der Waals surface area (Å²) < 4.78 is 6.90. The minimum Gasteiger partial charge on any atom is -0.477 e. The fourth-order valence-corrected chi connectivity index (χ4v) is 2.38. The van der Waals surface area contributed by atoms with Crippen LogP contribution < -0.4 is 15.0 Å². The number of imidazole rings is 1. The van der Waals surface area contributed by atoms with Gasteiger partial charge < -0.3 is 15.0 Å². The van der Waals surface area contributed by atoms with E-state index in [0.29, 0.717) is 30.4 Å². The Kier molecular flexibility index (Phi) is 4.83. The highest BCUT2D eigenvalue weighted by atomic mass is 16.5. The van der Waals surface area contributed by atoms with Gasteiger partial charge in [-0.3, -0.25) is 4.79 Å².